The zero-order chi connectivity index (χ0) is 13.8. The summed E-state index contributed by atoms with van der Waals surface area (Å²) in [6, 6.07) is -0.160. The van der Waals surface area contributed by atoms with E-state index in [0.29, 0.717) is 6.54 Å². The van der Waals surface area contributed by atoms with Gasteiger partial charge in [0.25, 0.3) is 0 Å². The van der Waals surface area contributed by atoms with Gasteiger partial charge in [-0.25, -0.2) is 9.79 Å². The molecule has 3 heterocycles. The van der Waals surface area contributed by atoms with E-state index in [4.69, 9.17) is 9.73 Å². The summed E-state index contributed by atoms with van der Waals surface area (Å²) < 4.78 is 6.03. The van der Waals surface area contributed by atoms with Crippen LogP contribution < -0.4 is 10.6 Å². The molecule has 6 heteroatoms. The summed E-state index contributed by atoms with van der Waals surface area (Å²) >= 11 is 0. The molecule has 3 rings (SSSR count). The lowest BCUT2D eigenvalue weighted by Crippen LogP contribution is -2.82. The average molecular weight is 266 g/mol. The van der Waals surface area contributed by atoms with Crippen molar-refractivity contribution in [2.24, 2.45) is 10.4 Å². The van der Waals surface area contributed by atoms with Gasteiger partial charge in [-0.05, 0) is 27.3 Å². The van der Waals surface area contributed by atoms with E-state index in [1.54, 1.807) is 0 Å². The Morgan fingerprint density at radius 2 is 2.26 bits per heavy atom. The highest BCUT2D eigenvalue weighted by Gasteiger charge is 2.68. The first kappa shape index (κ1) is 12.9. The third kappa shape index (κ3) is 1.44. The lowest BCUT2D eigenvalue weighted by atomic mass is 9.65. The van der Waals surface area contributed by atoms with E-state index in [1.165, 1.54) is 0 Å². The molecule has 6 nitrogen and oxygen atoms in total. The van der Waals surface area contributed by atoms with Crippen LogP contribution in [-0.4, -0.2) is 54.3 Å². The van der Waals surface area contributed by atoms with Gasteiger partial charge in [-0.15, -0.1) is 0 Å². The van der Waals surface area contributed by atoms with Gasteiger partial charge in [0.05, 0.1) is 17.6 Å². The van der Waals surface area contributed by atoms with E-state index in [-0.39, 0.29) is 29.3 Å². The maximum atomic E-state index is 11.4. The summed E-state index contributed by atoms with van der Waals surface area (Å²) in [6.45, 7) is 10.9. The van der Waals surface area contributed by atoms with Gasteiger partial charge in [-0.2, -0.15) is 0 Å². The number of hydrogen-bond donors (Lipinski definition) is 2. The fourth-order valence-corrected chi connectivity index (χ4v) is 3.85. The van der Waals surface area contributed by atoms with Crippen LogP contribution in [0.1, 0.15) is 27.7 Å². The van der Waals surface area contributed by atoms with Gasteiger partial charge < -0.3 is 10.1 Å². The Bertz CT molecular complexity index is 452. The molecular weight excluding hydrogens is 244 g/mol. The number of nitrogens with one attached hydrogen (secondary N) is 2. The molecule has 2 amide bonds. The van der Waals surface area contributed by atoms with E-state index in [2.05, 4.69) is 43.2 Å². The number of aliphatic imine (C=N–C) groups is 1. The summed E-state index contributed by atoms with van der Waals surface area (Å²) in [5, 5.41) is 5.71. The third-order valence-electron chi connectivity index (χ3n) is 4.80. The smallest absolute Gasteiger partial charge is 0.320 e. The van der Waals surface area contributed by atoms with E-state index in [0.717, 1.165) is 18.9 Å². The van der Waals surface area contributed by atoms with Crippen LogP contribution in [0, 0.1) is 5.41 Å². The quantitative estimate of drug-likeness (QED) is 0.728. The highest BCUT2D eigenvalue weighted by atomic mass is 16.5. The third-order valence-corrected chi connectivity index (χ3v) is 4.80. The zero-order valence-electron chi connectivity index (χ0n) is 12.0. The molecule has 2 saturated heterocycles. The Hall–Kier alpha value is -1.14. The topological polar surface area (TPSA) is 66.0 Å². The standard InChI is InChI=1S/C13H22N4O2/c1-5-17-6-8(2)19-9(3)13(17)12(4)7-14-11(18)15-10(12)16-13/h8-9H,5-7H2,1-4H3,(H2,14,15,16,18). The van der Waals surface area contributed by atoms with Crippen molar-refractivity contribution < 1.29 is 9.53 Å². The summed E-state index contributed by atoms with van der Waals surface area (Å²) in [7, 11) is 0. The van der Waals surface area contributed by atoms with Gasteiger partial charge in [0.2, 0.25) is 0 Å². The fraction of sp³-hybridized carbons (Fsp3) is 0.846. The van der Waals surface area contributed by atoms with Crippen molar-refractivity contribution in [3.05, 3.63) is 0 Å². The molecule has 19 heavy (non-hydrogen) atoms. The van der Waals surface area contributed by atoms with Crippen LogP contribution in [-0.2, 0) is 4.74 Å². The number of morpholine rings is 1. The number of carbonyl (C=O) groups is 1. The highest BCUT2D eigenvalue weighted by Crippen LogP contribution is 2.51. The van der Waals surface area contributed by atoms with Crippen molar-refractivity contribution in [3.8, 4) is 0 Å². The Morgan fingerprint density at radius 3 is 2.89 bits per heavy atom. The molecule has 3 aliphatic rings. The molecule has 4 unspecified atom stereocenters. The molecule has 0 saturated carbocycles. The maximum Gasteiger partial charge on any atom is 0.320 e. The van der Waals surface area contributed by atoms with Crippen LogP contribution >= 0.6 is 0 Å². The Balaban J connectivity index is 2.01. The van der Waals surface area contributed by atoms with Crippen molar-refractivity contribution in [3.63, 3.8) is 0 Å². The molecule has 0 aromatic rings. The normalized spacial score (nSPS) is 45.9. The summed E-state index contributed by atoms with van der Waals surface area (Å²) in [6.07, 6.45) is 0.233. The molecule has 0 aliphatic carbocycles. The predicted molar refractivity (Wildman–Crippen MR) is 72.1 cm³/mol. The minimum absolute atomic E-state index is 0.0155. The molecule has 0 bridgehead atoms. The number of fused-ring (bicyclic) bond motifs is 2. The molecule has 2 N–H and O–H groups in total. The maximum absolute atomic E-state index is 11.4. The SMILES string of the molecule is CCN1CC(C)OC(C)C12N=C1NC(=O)NCC12C. The second-order valence-corrected chi connectivity index (χ2v) is 5.95. The molecule has 2 fully saturated rings. The lowest BCUT2D eigenvalue weighted by Gasteiger charge is -2.64. The van der Waals surface area contributed by atoms with E-state index in [1.807, 2.05) is 0 Å². The first-order chi connectivity index (χ1) is 8.94. The van der Waals surface area contributed by atoms with E-state index >= 15 is 0 Å². The van der Waals surface area contributed by atoms with E-state index in [9.17, 15) is 4.79 Å². The van der Waals surface area contributed by atoms with Crippen molar-refractivity contribution in [2.75, 3.05) is 19.6 Å². The number of carbonyl (C=O) groups excluding carboxylic acids is 1. The van der Waals surface area contributed by atoms with Crippen molar-refractivity contribution in [1.82, 2.24) is 15.5 Å². The van der Waals surface area contributed by atoms with Crippen molar-refractivity contribution in [1.29, 1.82) is 0 Å². The van der Waals surface area contributed by atoms with Gasteiger partial charge in [0.1, 0.15) is 5.84 Å². The van der Waals surface area contributed by atoms with Crippen LogP contribution in [0.5, 0.6) is 0 Å². The molecule has 106 valence electrons. The molecule has 0 aromatic carbocycles. The number of nitrogens with zero attached hydrogens (tertiary/aromatic N) is 2. The second kappa shape index (κ2) is 3.93. The number of amidine groups is 1. The van der Waals surface area contributed by atoms with Crippen LogP contribution in [0.15, 0.2) is 4.99 Å². The molecule has 0 radical (unpaired) electrons. The van der Waals surface area contributed by atoms with Crippen LogP contribution in [0.4, 0.5) is 4.79 Å². The Kier molecular flexibility index (Phi) is 2.66. The van der Waals surface area contributed by atoms with E-state index < -0.39 is 0 Å². The highest BCUT2D eigenvalue weighted by molar-refractivity contribution is 6.07. The lowest BCUT2D eigenvalue weighted by molar-refractivity contribution is -0.191. The molecule has 1 spiro atoms. The molecule has 3 aliphatic heterocycles. The zero-order valence-corrected chi connectivity index (χ0v) is 12.0. The summed E-state index contributed by atoms with van der Waals surface area (Å²) in [5.41, 5.74) is -0.555. The number of hydrogen-bond acceptors (Lipinski definition) is 4. The summed E-state index contributed by atoms with van der Waals surface area (Å²) in [4.78, 5) is 18.6. The Labute approximate surface area is 113 Å². The van der Waals surface area contributed by atoms with Crippen molar-refractivity contribution in [2.45, 2.75) is 45.6 Å². The largest absolute Gasteiger partial charge is 0.370 e. The number of rotatable bonds is 1. The van der Waals surface area contributed by atoms with Gasteiger partial charge in [0, 0.05) is 13.1 Å². The number of amides is 2. The first-order valence-corrected chi connectivity index (χ1v) is 6.99. The predicted octanol–water partition coefficient (Wildman–Crippen LogP) is 0.543. The molecule has 4 atom stereocenters. The number of urea groups is 1. The minimum atomic E-state index is -0.357. The fourth-order valence-electron chi connectivity index (χ4n) is 3.85. The van der Waals surface area contributed by atoms with Crippen LogP contribution in [0.3, 0.4) is 0 Å². The van der Waals surface area contributed by atoms with Gasteiger partial charge in [-0.1, -0.05) is 6.92 Å². The van der Waals surface area contributed by atoms with Gasteiger partial charge >= 0.3 is 6.03 Å². The number of ether oxygens (including phenoxy) is 1. The molecule has 0 aromatic heterocycles. The molecular formula is C13H22N4O2. The van der Waals surface area contributed by atoms with Gasteiger partial charge in [0.15, 0.2) is 5.66 Å². The first-order valence-electron chi connectivity index (χ1n) is 6.99. The second-order valence-electron chi connectivity index (χ2n) is 5.95. The minimum Gasteiger partial charge on any atom is -0.370 e. The van der Waals surface area contributed by atoms with Crippen LogP contribution in [0.25, 0.3) is 0 Å². The van der Waals surface area contributed by atoms with Crippen LogP contribution in [0.2, 0.25) is 0 Å². The number of likely N-dealkylation sites (N-methyl/N-ethyl adjacent to an activating group) is 1. The van der Waals surface area contributed by atoms with Gasteiger partial charge in [-0.3, -0.25) is 10.2 Å². The average Bonchev–Trinajstić information content (AvgIpc) is 2.35. The summed E-state index contributed by atoms with van der Waals surface area (Å²) in [5.74, 6) is 0.791. The Morgan fingerprint density at radius 1 is 1.53 bits per heavy atom. The van der Waals surface area contributed by atoms with Crippen molar-refractivity contribution >= 4 is 11.9 Å². The monoisotopic (exact) mass is 266 g/mol.